The molecule has 1 saturated carbocycles. The van der Waals surface area contributed by atoms with E-state index in [4.69, 9.17) is 27.9 Å². The van der Waals surface area contributed by atoms with Gasteiger partial charge < -0.3 is 9.30 Å². The topological polar surface area (TPSA) is 14.2 Å². The Labute approximate surface area is 285 Å². The third-order valence-electron chi connectivity index (χ3n) is 11.5. The third kappa shape index (κ3) is 4.25. The minimum atomic E-state index is -1.02. The van der Waals surface area contributed by atoms with E-state index in [2.05, 4.69) is 138 Å². The van der Waals surface area contributed by atoms with Crippen LogP contribution < -0.4 is 0 Å². The second-order valence-electron chi connectivity index (χ2n) is 15.4. The molecule has 4 heteroatoms. The lowest BCUT2D eigenvalue weighted by Crippen LogP contribution is -2.77. The highest BCUT2D eigenvalue weighted by molar-refractivity contribution is 6.52. The van der Waals surface area contributed by atoms with Crippen molar-refractivity contribution >= 4 is 51.1 Å². The van der Waals surface area contributed by atoms with E-state index in [0.29, 0.717) is 0 Å². The zero-order chi connectivity index (χ0) is 32.7. The molecule has 0 bridgehead atoms. The summed E-state index contributed by atoms with van der Waals surface area (Å²) < 4.78 is 7.16. The number of aromatic nitrogens is 1. The Kier molecular flexibility index (Phi) is 7.52. The molecule has 240 valence electrons. The number of ether oxygens (including phenoxy) is 1. The van der Waals surface area contributed by atoms with Crippen molar-refractivity contribution in [2.75, 3.05) is 6.61 Å². The van der Waals surface area contributed by atoms with Crippen LogP contribution in [0.3, 0.4) is 0 Å². The molecule has 3 aliphatic rings. The van der Waals surface area contributed by atoms with Crippen molar-refractivity contribution in [2.24, 2.45) is 17.9 Å². The van der Waals surface area contributed by atoms with Gasteiger partial charge in [0.15, 0.2) is 0 Å². The highest BCUT2D eigenvalue weighted by Gasteiger charge is 2.84. The minimum Gasteiger partial charge on any atom is -0.376 e. The lowest BCUT2D eigenvalue weighted by atomic mass is 9.34. The number of unbranched alkanes of at least 4 members (excludes halogenated alkanes) is 3. The van der Waals surface area contributed by atoms with Crippen molar-refractivity contribution in [3.63, 3.8) is 0 Å². The minimum absolute atomic E-state index is 0.0585. The maximum atomic E-state index is 7.71. The summed E-state index contributed by atoms with van der Waals surface area (Å²) in [5, 5.41) is 2.56. The molecule has 1 fully saturated rings. The van der Waals surface area contributed by atoms with Crippen LogP contribution in [0.25, 0.3) is 39.0 Å². The molecule has 1 heterocycles. The van der Waals surface area contributed by atoms with E-state index in [-0.39, 0.29) is 11.0 Å². The summed E-state index contributed by atoms with van der Waals surface area (Å²) in [5.74, 6) is 0. The van der Waals surface area contributed by atoms with Gasteiger partial charge in [-0.25, -0.2) is 0 Å². The molecule has 3 aromatic carbocycles. The first-order valence-electron chi connectivity index (χ1n) is 17.0. The number of fused-ring (bicyclic) bond motifs is 5. The number of benzene rings is 3. The normalized spacial score (nSPS) is 24.2. The van der Waals surface area contributed by atoms with E-state index in [9.17, 15) is 0 Å². The van der Waals surface area contributed by atoms with Crippen molar-refractivity contribution in [1.82, 2.24) is 4.57 Å². The Morgan fingerprint density at radius 2 is 1.59 bits per heavy atom. The molecule has 0 amide bonds. The first-order chi connectivity index (χ1) is 21.8. The summed E-state index contributed by atoms with van der Waals surface area (Å²) >= 11 is 15.4. The Balaban J connectivity index is 1.18. The molecule has 0 aliphatic heterocycles. The van der Waals surface area contributed by atoms with Crippen molar-refractivity contribution in [3.8, 4) is 11.1 Å². The lowest BCUT2D eigenvalue weighted by Gasteiger charge is -2.74. The lowest BCUT2D eigenvalue weighted by molar-refractivity contribution is -0.0693. The number of hydrogen-bond donors (Lipinski definition) is 0. The number of allylic oxidation sites excluding steroid dienone is 5. The SMILES string of the molecule is CC1=Cc2c(-c3ccc4c(c3)c3ccccc3n4C)cccc2C12C(C)(C)C1(C=CC(CCCCCCOC(C)(C)C)=C1)C2(Cl)Cl. The number of alkyl halides is 2. The molecular formula is C42H47Cl2NO. The molecule has 0 N–H and O–H groups in total. The third-order valence-corrected chi connectivity index (χ3v) is 12.7. The highest BCUT2D eigenvalue weighted by Crippen LogP contribution is 2.83. The predicted molar refractivity (Wildman–Crippen MR) is 198 cm³/mol. The molecule has 2 atom stereocenters. The summed E-state index contributed by atoms with van der Waals surface area (Å²) in [6, 6.07) is 22.3. The summed E-state index contributed by atoms with van der Waals surface area (Å²) in [7, 11) is 2.15. The van der Waals surface area contributed by atoms with E-state index in [1.54, 1.807) is 0 Å². The predicted octanol–water partition coefficient (Wildman–Crippen LogP) is 12.1. The molecule has 2 spiro atoms. The van der Waals surface area contributed by atoms with Gasteiger partial charge in [0.2, 0.25) is 0 Å². The van der Waals surface area contributed by atoms with Crippen LogP contribution in [0, 0.1) is 10.8 Å². The molecule has 46 heavy (non-hydrogen) atoms. The Morgan fingerprint density at radius 3 is 2.35 bits per heavy atom. The van der Waals surface area contributed by atoms with Gasteiger partial charge in [0.05, 0.1) is 11.0 Å². The molecule has 7 rings (SSSR count). The summed E-state index contributed by atoms with van der Waals surface area (Å²) in [4.78, 5) is 0. The molecule has 3 aliphatic carbocycles. The number of rotatable bonds is 8. The molecule has 4 aromatic rings. The first kappa shape index (κ1) is 31.8. The molecule has 2 nitrogen and oxygen atoms in total. The van der Waals surface area contributed by atoms with Crippen molar-refractivity contribution in [1.29, 1.82) is 0 Å². The van der Waals surface area contributed by atoms with Crippen molar-refractivity contribution in [2.45, 2.75) is 89.0 Å². The van der Waals surface area contributed by atoms with Crippen LogP contribution in [-0.4, -0.2) is 21.1 Å². The molecule has 2 unspecified atom stereocenters. The monoisotopic (exact) mass is 651 g/mol. The van der Waals surface area contributed by atoms with Gasteiger partial charge in [0, 0.05) is 40.9 Å². The fraction of sp³-hybridized carbons (Fsp3) is 0.429. The number of hydrogen-bond acceptors (Lipinski definition) is 1. The van der Waals surface area contributed by atoms with E-state index >= 15 is 0 Å². The second kappa shape index (κ2) is 10.9. The molecule has 1 aromatic heterocycles. The van der Waals surface area contributed by atoms with Crippen LogP contribution in [0.15, 0.2) is 90.0 Å². The van der Waals surface area contributed by atoms with Gasteiger partial charge in [-0.1, -0.05) is 128 Å². The maximum absolute atomic E-state index is 7.71. The second-order valence-corrected chi connectivity index (χ2v) is 16.7. The van der Waals surface area contributed by atoms with Gasteiger partial charge in [0.1, 0.15) is 4.33 Å². The van der Waals surface area contributed by atoms with Crippen molar-refractivity contribution in [3.05, 3.63) is 101 Å². The van der Waals surface area contributed by atoms with E-state index in [1.165, 1.54) is 68.0 Å². The van der Waals surface area contributed by atoms with Crippen LogP contribution in [0.5, 0.6) is 0 Å². The Morgan fingerprint density at radius 1 is 0.848 bits per heavy atom. The van der Waals surface area contributed by atoms with Crippen LogP contribution in [0.1, 0.15) is 84.8 Å². The van der Waals surface area contributed by atoms with Gasteiger partial charge in [-0.2, -0.15) is 0 Å². The smallest absolute Gasteiger partial charge is 0.145 e. The summed E-state index contributed by atoms with van der Waals surface area (Å²) in [6.45, 7) is 14.2. The summed E-state index contributed by atoms with van der Waals surface area (Å²) in [6.07, 6.45) is 15.1. The van der Waals surface area contributed by atoms with Gasteiger partial charge in [-0.05, 0) is 92.8 Å². The molecule has 0 radical (unpaired) electrons. The van der Waals surface area contributed by atoms with Crippen LogP contribution in [-0.2, 0) is 17.2 Å². The first-order valence-corrected chi connectivity index (χ1v) is 17.7. The number of aryl methyl sites for hydroxylation is 1. The van der Waals surface area contributed by atoms with Gasteiger partial charge in [-0.3, -0.25) is 0 Å². The van der Waals surface area contributed by atoms with Crippen LogP contribution >= 0.6 is 23.2 Å². The standard InChI is InChI=1S/C42H47Cl2NO/c1-28-25-33-31(30-20-21-37-34(26-30)32-16-11-12-19-36(32)45(37)7)17-14-18-35(33)41(28)39(5,6)40(42(41,43)44)23-22-29(27-40)15-10-8-9-13-24-46-38(2,3)4/h11-12,14,16-23,25-27H,8-10,13,15,24H2,1-7H3. The maximum Gasteiger partial charge on any atom is 0.145 e. The number of para-hydroxylation sites is 1. The molecular weight excluding hydrogens is 605 g/mol. The summed E-state index contributed by atoms with van der Waals surface area (Å²) in [5.41, 5.74) is 8.82. The van der Waals surface area contributed by atoms with Gasteiger partial charge >= 0.3 is 0 Å². The fourth-order valence-corrected chi connectivity index (χ4v) is 11.0. The fourth-order valence-electron chi connectivity index (χ4n) is 9.29. The zero-order valence-corrected chi connectivity index (χ0v) is 29.9. The quantitative estimate of drug-likeness (QED) is 0.136. The largest absolute Gasteiger partial charge is 0.376 e. The highest BCUT2D eigenvalue weighted by atomic mass is 35.5. The van der Waals surface area contributed by atoms with E-state index < -0.39 is 15.2 Å². The average molecular weight is 653 g/mol. The van der Waals surface area contributed by atoms with Crippen LogP contribution in [0.2, 0.25) is 0 Å². The van der Waals surface area contributed by atoms with Crippen molar-refractivity contribution < 1.29 is 4.74 Å². The van der Waals surface area contributed by atoms with Gasteiger partial charge in [0.25, 0.3) is 0 Å². The Bertz CT molecular complexity index is 1930. The average Bonchev–Trinajstić information content (AvgIpc) is 3.68. The Hall–Kier alpha value is -2.78. The van der Waals surface area contributed by atoms with Crippen LogP contribution in [0.4, 0.5) is 0 Å². The van der Waals surface area contributed by atoms with Gasteiger partial charge in [-0.15, -0.1) is 0 Å². The number of nitrogens with zero attached hydrogens (tertiary/aromatic N) is 1. The zero-order valence-electron chi connectivity index (χ0n) is 28.4. The number of halogens is 2. The van der Waals surface area contributed by atoms with E-state index in [0.717, 1.165) is 25.9 Å². The van der Waals surface area contributed by atoms with E-state index in [1.807, 2.05) is 0 Å². The molecule has 0 saturated heterocycles.